The van der Waals surface area contributed by atoms with Crippen molar-refractivity contribution in [2.24, 2.45) is 0 Å². The zero-order chi connectivity index (χ0) is 13.0. The third-order valence-electron chi connectivity index (χ3n) is 2.11. The number of anilines is 1. The number of carbonyl (C=O) groups is 1. The van der Waals surface area contributed by atoms with E-state index >= 15 is 0 Å². The van der Waals surface area contributed by atoms with E-state index in [0.29, 0.717) is 11.6 Å². The highest BCUT2D eigenvalue weighted by atomic mass is 16.1. The number of carbonyl (C=O) groups excluding carboxylic acids is 1. The van der Waals surface area contributed by atoms with E-state index in [1.807, 2.05) is 0 Å². The molecule has 0 aromatic carbocycles. The van der Waals surface area contributed by atoms with Gasteiger partial charge in [-0.05, 0) is 25.1 Å². The van der Waals surface area contributed by atoms with Crippen molar-refractivity contribution in [1.29, 1.82) is 0 Å². The van der Waals surface area contributed by atoms with E-state index in [4.69, 9.17) is 0 Å². The van der Waals surface area contributed by atoms with Crippen molar-refractivity contribution in [1.82, 2.24) is 19.9 Å². The molecule has 0 unspecified atom stereocenters. The standard InChI is InChI=1S/C12H11N5O/c1-3-10(18)16-12-15-8(2)14-11(17-12)9-4-6-13-7-5-9/h3-7H,1H2,2H3,(H,14,15,16,17,18). The van der Waals surface area contributed by atoms with E-state index in [2.05, 4.69) is 31.8 Å². The van der Waals surface area contributed by atoms with Gasteiger partial charge >= 0.3 is 0 Å². The molecule has 18 heavy (non-hydrogen) atoms. The van der Waals surface area contributed by atoms with Crippen LogP contribution in [0.4, 0.5) is 5.95 Å². The fourth-order valence-electron chi connectivity index (χ4n) is 1.33. The highest BCUT2D eigenvalue weighted by molar-refractivity contribution is 5.97. The van der Waals surface area contributed by atoms with Crippen LogP contribution >= 0.6 is 0 Å². The molecule has 0 aliphatic carbocycles. The van der Waals surface area contributed by atoms with Crippen molar-refractivity contribution in [2.75, 3.05) is 5.32 Å². The van der Waals surface area contributed by atoms with Crippen LogP contribution in [0.15, 0.2) is 37.2 Å². The molecule has 0 bridgehead atoms. The van der Waals surface area contributed by atoms with Gasteiger partial charge in [-0.15, -0.1) is 0 Å². The summed E-state index contributed by atoms with van der Waals surface area (Å²) in [6.07, 6.45) is 4.46. The molecule has 2 rings (SSSR count). The summed E-state index contributed by atoms with van der Waals surface area (Å²) in [6.45, 7) is 5.10. The van der Waals surface area contributed by atoms with Gasteiger partial charge in [-0.1, -0.05) is 6.58 Å². The fraction of sp³-hybridized carbons (Fsp3) is 0.0833. The summed E-state index contributed by atoms with van der Waals surface area (Å²) in [4.78, 5) is 27.5. The van der Waals surface area contributed by atoms with Gasteiger partial charge in [-0.3, -0.25) is 15.1 Å². The molecule has 0 aliphatic rings. The minimum absolute atomic E-state index is 0.208. The second kappa shape index (κ2) is 5.13. The van der Waals surface area contributed by atoms with Crippen LogP contribution in [0.2, 0.25) is 0 Å². The molecule has 0 atom stereocenters. The Kier molecular flexibility index (Phi) is 3.38. The molecule has 0 radical (unpaired) electrons. The Hall–Kier alpha value is -2.63. The quantitative estimate of drug-likeness (QED) is 0.821. The summed E-state index contributed by atoms with van der Waals surface area (Å²) in [7, 11) is 0. The van der Waals surface area contributed by atoms with Crippen LogP contribution in [-0.4, -0.2) is 25.8 Å². The van der Waals surface area contributed by atoms with E-state index in [1.165, 1.54) is 0 Å². The van der Waals surface area contributed by atoms with E-state index in [0.717, 1.165) is 11.6 Å². The molecular formula is C12H11N5O. The first-order valence-corrected chi connectivity index (χ1v) is 5.25. The van der Waals surface area contributed by atoms with Crippen LogP contribution in [0, 0.1) is 6.92 Å². The summed E-state index contributed by atoms with van der Waals surface area (Å²) in [5, 5.41) is 2.51. The van der Waals surface area contributed by atoms with Crippen molar-refractivity contribution in [2.45, 2.75) is 6.92 Å². The summed E-state index contributed by atoms with van der Waals surface area (Å²) in [5.74, 6) is 0.862. The molecule has 2 aromatic heterocycles. The Morgan fingerprint density at radius 3 is 2.67 bits per heavy atom. The highest BCUT2D eigenvalue weighted by Crippen LogP contribution is 2.14. The van der Waals surface area contributed by atoms with E-state index < -0.39 is 0 Å². The first-order valence-electron chi connectivity index (χ1n) is 5.25. The van der Waals surface area contributed by atoms with Crippen LogP contribution in [0.5, 0.6) is 0 Å². The number of amides is 1. The van der Waals surface area contributed by atoms with Crippen LogP contribution < -0.4 is 5.32 Å². The van der Waals surface area contributed by atoms with Gasteiger partial charge in [-0.2, -0.15) is 9.97 Å². The first kappa shape index (κ1) is 11.8. The molecule has 0 saturated heterocycles. The lowest BCUT2D eigenvalue weighted by atomic mass is 10.2. The molecule has 2 heterocycles. The summed E-state index contributed by atoms with van der Waals surface area (Å²) < 4.78 is 0. The third-order valence-corrected chi connectivity index (χ3v) is 2.11. The molecule has 0 fully saturated rings. The summed E-state index contributed by atoms with van der Waals surface area (Å²) >= 11 is 0. The molecule has 90 valence electrons. The van der Waals surface area contributed by atoms with Gasteiger partial charge < -0.3 is 0 Å². The number of pyridine rings is 1. The predicted molar refractivity (Wildman–Crippen MR) is 66.6 cm³/mol. The zero-order valence-electron chi connectivity index (χ0n) is 9.79. The SMILES string of the molecule is C=CC(=O)Nc1nc(C)nc(-c2ccncc2)n1. The van der Waals surface area contributed by atoms with Crippen molar-refractivity contribution in [3.05, 3.63) is 43.0 Å². The lowest BCUT2D eigenvalue weighted by Crippen LogP contribution is -2.12. The minimum Gasteiger partial charge on any atom is -0.291 e. The van der Waals surface area contributed by atoms with Crippen LogP contribution in [0.3, 0.4) is 0 Å². The lowest BCUT2D eigenvalue weighted by molar-refractivity contribution is -0.111. The molecule has 6 nitrogen and oxygen atoms in total. The molecule has 1 N–H and O–H groups in total. The van der Waals surface area contributed by atoms with Gasteiger partial charge in [0.25, 0.3) is 0 Å². The maximum atomic E-state index is 11.2. The van der Waals surface area contributed by atoms with Crippen LogP contribution in [0.1, 0.15) is 5.82 Å². The normalized spacial score (nSPS) is 9.83. The van der Waals surface area contributed by atoms with Crippen molar-refractivity contribution in [3.8, 4) is 11.4 Å². The Morgan fingerprint density at radius 1 is 1.28 bits per heavy atom. The number of rotatable bonds is 3. The Morgan fingerprint density at radius 2 is 2.00 bits per heavy atom. The fourth-order valence-corrected chi connectivity index (χ4v) is 1.33. The van der Waals surface area contributed by atoms with Crippen LogP contribution in [-0.2, 0) is 4.79 Å². The number of hydrogen-bond acceptors (Lipinski definition) is 5. The van der Waals surface area contributed by atoms with Gasteiger partial charge in [0.05, 0.1) is 0 Å². The molecule has 0 aliphatic heterocycles. The number of nitrogens with one attached hydrogen (secondary N) is 1. The van der Waals surface area contributed by atoms with Crippen molar-refractivity contribution >= 4 is 11.9 Å². The second-order valence-corrected chi connectivity index (χ2v) is 3.46. The van der Waals surface area contributed by atoms with Gasteiger partial charge in [0, 0.05) is 18.0 Å². The van der Waals surface area contributed by atoms with Gasteiger partial charge in [0.1, 0.15) is 5.82 Å². The Bertz CT molecular complexity index is 582. The maximum absolute atomic E-state index is 11.2. The Balaban J connectivity index is 2.38. The van der Waals surface area contributed by atoms with Crippen molar-refractivity contribution < 1.29 is 4.79 Å². The average Bonchev–Trinajstić information content (AvgIpc) is 2.39. The van der Waals surface area contributed by atoms with E-state index in [1.54, 1.807) is 31.5 Å². The molecule has 2 aromatic rings. The number of nitrogens with zero attached hydrogens (tertiary/aromatic N) is 4. The summed E-state index contributed by atoms with van der Waals surface area (Å²) in [6, 6.07) is 3.57. The second-order valence-electron chi connectivity index (χ2n) is 3.46. The topological polar surface area (TPSA) is 80.7 Å². The molecule has 0 saturated carbocycles. The number of aromatic nitrogens is 4. The van der Waals surface area contributed by atoms with Crippen molar-refractivity contribution in [3.63, 3.8) is 0 Å². The average molecular weight is 241 g/mol. The smallest absolute Gasteiger partial charge is 0.250 e. The Labute approximate surface area is 104 Å². The molecule has 1 amide bonds. The van der Waals surface area contributed by atoms with Gasteiger partial charge in [0.15, 0.2) is 5.82 Å². The van der Waals surface area contributed by atoms with Crippen LogP contribution in [0.25, 0.3) is 11.4 Å². The molecule has 0 spiro atoms. The monoisotopic (exact) mass is 241 g/mol. The largest absolute Gasteiger partial charge is 0.291 e. The maximum Gasteiger partial charge on any atom is 0.250 e. The first-order chi connectivity index (χ1) is 8.69. The zero-order valence-corrected chi connectivity index (χ0v) is 9.79. The van der Waals surface area contributed by atoms with E-state index in [-0.39, 0.29) is 11.9 Å². The summed E-state index contributed by atoms with van der Waals surface area (Å²) in [5.41, 5.74) is 0.810. The molecule has 6 heteroatoms. The predicted octanol–water partition coefficient (Wildman–Crippen LogP) is 1.37. The molecular weight excluding hydrogens is 230 g/mol. The minimum atomic E-state index is -0.360. The highest BCUT2D eigenvalue weighted by Gasteiger charge is 2.07. The van der Waals surface area contributed by atoms with Gasteiger partial charge in [0.2, 0.25) is 11.9 Å². The number of aryl methyl sites for hydroxylation is 1. The van der Waals surface area contributed by atoms with Gasteiger partial charge in [-0.25, -0.2) is 4.98 Å². The lowest BCUT2D eigenvalue weighted by Gasteiger charge is -2.04. The number of hydrogen-bond donors (Lipinski definition) is 1. The van der Waals surface area contributed by atoms with E-state index in [9.17, 15) is 4.79 Å². The third kappa shape index (κ3) is 2.73.